The second-order valence-corrected chi connectivity index (χ2v) is 7.97. The molecular formula is C23H21ClF3N3O. The van der Waals surface area contributed by atoms with E-state index in [0.717, 1.165) is 24.0 Å². The van der Waals surface area contributed by atoms with Crippen LogP contribution in [0.2, 0.25) is 5.02 Å². The van der Waals surface area contributed by atoms with E-state index in [4.69, 9.17) is 11.6 Å². The van der Waals surface area contributed by atoms with Crippen molar-refractivity contribution in [2.24, 2.45) is 0 Å². The number of nitrogens with zero attached hydrogens (tertiary/aromatic N) is 2. The van der Waals surface area contributed by atoms with E-state index in [0.29, 0.717) is 24.2 Å². The molecule has 8 heteroatoms. The van der Waals surface area contributed by atoms with Crippen LogP contribution >= 0.6 is 11.6 Å². The fourth-order valence-corrected chi connectivity index (χ4v) is 3.93. The number of amides is 1. The molecule has 1 saturated carbocycles. The molecule has 1 amide bonds. The Hall–Kier alpha value is -2.80. The molecule has 2 aromatic carbocycles. The summed E-state index contributed by atoms with van der Waals surface area (Å²) in [7, 11) is 0. The summed E-state index contributed by atoms with van der Waals surface area (Å²) < 4.78 is 40.7. The van der Waals surface area contributed by atoms with Crippen molar-refractivity contribution in [3.8, 4) is 11.1 Å². The number of alkyl halides is 3. The van der Waals surface area contributed by atoms with Crippen LogP contribution in [0.5, 0.6) is 0 Å². The van der Waals surface area contributed by atoms with E-state index in [2.05, 4.69) is 10.4 Å². The largest absolute Gasteiger partial charge is 0.436 e. The second kappa shape index (κ2) is 8.75. The van der Waals surface area contributed by atoms with Gasteiger partial charge >= 0.3 is 6.18 Å². The van der Waals surface area contributed by atoms with Crippen LogP contribution in [0, 0.1) is 0 Å². The average Bonchev–Trinajstić information content (AvgIpc) is 3.53. The van der Waals surface area contributed by atoms with Gasteiger partial charge in [0.2, 0.25) is 0 Å². The summed E-state index contributed by atoms with van der Waals surface area (Å²) in [6, 6.07) is 17.1. The summed E-state index contributed by atoms with van der Waals surface area (Å²) >= 11 is 5.98. The highest BCUT2D eigenvalue weighted by Gasteiger charge is 2.41. The number of hydrogen-bond donors (Lipinski definition) is 1. The molecule has 31 heavy (non-hydrogen) atoms. The summed E-state index contributed by atoms with van der Waals surface area (Å²) in [5, 5.41) is 6.22. The molecule has 1 N–H and O–H groups in total. The van der Waals surface area contributed by atoms with Gasteiger partial charge in [-0.25, -0.2) is 0 Å². The van der Waals surface area contributed by atoms with E-state index in [1.165, 1.54) is 4.68 Å². The van der Waals surface area contributed by atoms with Gasteiger partial charge in [0, 0.05) is 24.6 Å². The van der Waals surface area contributed by atoms with Crippen molar-refractivity contribution in [1.82, 2.24) is 15.1 Å². The fraction of sp³-hybridized carbons (Fsp3) is 0.304. The van der Waals surface area contributed by atoms with Crippen molar-refractivity contribution < 1.29 is 18.0 Å². The zero-order valence-corrected chi connectivity index (χ0v) is 17.4. The van der Waals surface area contributed by atoms with Gasteiger partial charge in [-0.05, 0) is 42.5 Å². The number of halogens is 4. The third kappa shape index (κ3) is 4.93. The van der Waals surface area contributed by atoms with Gasteiger partial charge in [-0.1, -0.05) is 54.1 Å². The minimum Gasteiger partial charge on any atom is -0.352 e. The normalized spacial score (nSPS) is 13.9. The lowest BCUT2D eigenvalue weighted by molar-refractivity contribution is -0.141. The van der Waals surface area contributed by atoms with Crippen molar-refractivity contribution in [1.29, 1.82) is 0 Å². The standard InChI is InChI=1S/C23H21ClF3N3O/c24-19-20(17-9-10-17)30(29-21(19)23(25,26)27)14-4-13-28-22(31)18-11-7-16(8-12-18)15-5-2-1-3-6-15/h1-3,5-8,11-12,17H,4,9-10,13-14H2,(H,28,31). The molecule has 4 rings (SSSR count). The number of nitrogens with one attached hydrogen (secondary N) is 1. The molecule has 1 heterocycles. The third-order valence-corrected chi connectivity index (χ3v) is 5.62. The van der Waals surface area contributed by atoms with Crippen molar-refractivity contribution >= 4 is 17.5 Å². The predicted molar refractivity (Wildman–Crippen MR) is 113 cm³/mol. The molecule has 3 aromatic rings. The van der Waals surface area contributed by atoms with Crippen LogP contribution in [-0.2, 0) is 12.7 Å². The van der Waals surface area contributed by atoms with E-state index in [1.807, 2.05) is 42.5 Å². The lowest BCUT2D eigenvalue weighted by Gasteiger charge is -2.09. The zero-order valence-electron chi connectivity index (χ0n) is 16.6. The summed E-state index contributed by atoms with van der Waals surface area (Å²) in [6.45, 7) is 0.580. The molecular weight excluding hydrogens is 427 g/mol. The first-order valence-corrected chi connectivity index (χ1v) is 10.5. The smallest absolute Gasteiger partial charge is 0.352 e. The van der Waals surface area contributed by atoms with Crippen molar-refractivity contribution in [2.45, 2.75) is 37.9 Å². The Bertz CT molecular complexity index is 1060. The van der Waals surface area contributed by atoms with Crippen LogP contribution in [0.4, 0.5) is 13.2 Å². The van der Waals surface area contributed by atoms with Gasteiger partial charge in [-0.2, -0.15) is 18.3 Å². The van der Waals surface area contributed by atoms with Gasteiger partial charge in [-0.15, -0.1) is 0 Å². The van der Waals surface area contributed by atoms with E-state index in [-0.39, 0.29) is 23.4 Å². The summed E-state index contributed by atoms with van der Waals surface area (Å²) in [4.78, 5) is 12.4. The van der Waals surface area contributed by atoms with Gasteiger partial charge in [0.25, 0.3) is 5.91 Å². The molecule has 1 fully saturated rings. The molecule has 0 radical (unpaired) electrons. The molecule has 0 saturated heterocycles. The minimum absolute atomic E-state index is 0.0359. The van der Waals surface area contributed by atoms with Crippen molar-refractivity contribution in [3.05, 3.63) is 76.6 Å². The van der Waals surface area contributed by atoms with Crippen LogP contribution in [0.3, 0.4) is 0 Å². The molecule has 1 aromatic heterocycles. The van der Waals surface area contributed by atoms with Crippen molar-refractivity contribution in [2.75, 3.05) is 6.54 Å². The Morgan fingerprint density at radius 3 is 2.32 bits per heavy atom. The molecule has 0 spiro atoms. The Labute approximate surface area is 183 Å². The Morgan fingerprint density at radius 1 is 1.06 bits per heavy atom. The quantitative estimate of drug-likeness (QED) is 0.457. The highest BCUT2D eigenvalue weighted by molar-refractivity contribution is 6.32. The maximum absolute atomic E-state index is 13.1. The maximum Gasteiger partial charge on any atom is 0.436 e. The van der Waals surface area contributed by atoms with E-state index in [9.17, 15) is 18.0 Å². The van der Waals surface area contributed by atoms with Crippen LogP contribution < -0.4 is 5.32 Å². The average molecular weight is 448 g/mol. The van der Waals surface area contributed by atoms with Gasteiger partial charge in [-0.3, -0.25) is 9.48 Å². The number of carbonyl (C=O) groups is 1. The summed E-state index contributed by atoms with van der Waals surface area (Å²) in [5.41, 5.74) is 2.04. The van der Waals surface area contributed by atoms with Gasteiger partial charge in [0.15, 0.2) is 5.69 Å². The number of hydrogen-bond acceptors (Lipinski definition) is 2. The monoisotopic (exact) mass is 447 g/mol. The van der Waals surface area contributed by atoms with E-state index >= 15 is 0 Å². The van der Waals surface area contributed by atoms with Crippen LogP contribution in [-0.4, -0.2) is 22.2 Å². The number of carbonyl (C=O) groups excluding carboxylic acids is 1. The highest BCUT2D eigenvalue weighted by Crippen LogP contribution is 2.46. The SMILES string of the molecule is O=C(NCCCn1nc(C(F)(F)F)c(Cl)c1C1CC1)c1ccc(-c2ccccc2)cc1. The predicted octanol–water partition coefficient (Wildman–Crippen LogP) is 5.92. The minimum atomic E-state index is -4.58. The third-order valence-electron chi connectivity index (χ3n) is 5.25. The molecule has 0 unspecified atom stereocenters. The Balaban J connectivity index is 1.33. The summed E-state index contributed by atoms with van der Waals surface area (Å²) in [6.07, 6.45) is -2.49. The number of aromatic nitrogens is 2. The van der Waals surface area contributed by atoms with Crippen LogP contribution in [0.25, 0.3) is 11.1 Å². The number of aryl methyl sites for hydroxylation is 1. The number of benzene rings is 2. The van der Waals surface area contributed by atoms with E-state index < -0.39 is 11.9 Å². The Kier molecular flexibility index (Phi) is 6.05. The van der Waals surface area contributed by atoms with E-state index in [1.54, 1.807) is 12.1 Å². The highest BCUT2D eigenvalue weighted by atomic mass is 35.5. The van der Waals surface area contributed by atoms with Crippen molar-refractivity contribution in [3.63, 3.8) is 0 Å². The van der Waals surface area contributed by atoms with Gasteiger partial charge in [0.05, 0.1) is 10.7 Å². The van der Waals surface area contributed by atoms with Crippen LogP contribution in [0.15, 0.2) is 54.6 Å². The van der Waals surface area contributed by atoms with Crippen LogP contribution in [0.1, 0.15) is 46.9 Å². The number of rotatable bonds is 7. The molecule has 162 valence electrons. The second-order valence-electron chi connectivity index (χ2n) is 7.60. The first kappa shape index (κ1) is 21.4. The lowest BCUT2D eigenvalue weighted by atomic mass is 10.0. The molecule has 0 bridgehead atoms. The van der Waals surface area contributed by atoms with Gasteiger partial charge in [0.1, 0.15) is 0 Å². The topological polar surface area (TPSA) is 46.9 Å². The maximum atomic E-state index is 13.1. The lowest BCUT2D eigenvalue weighted by Crippen LogP contribution is -2.25. The molecule has 0 aliphatic heterocycles. The fourth-order valence-electron chi connectivity index (χ4n) is 3.53. The first-order chi connectivity index (χ1) is 14.8. The molecule has 4 nitrogen and oxygen atoms in total. The van der Waals surface area contributed by atoms with Gasteiger partial charge < -0.3 is 5.32 Å². The molecule has 0 atom stereocenters. The Morgan fingerprint density at radius 2 is 1.71 bits per heavy atom. The first-order valence-electron chi connectivity index (χ1n) is 10.1. The molecule has 1 aliphatic rings. The summed E-state index contributed by atoms with van der Waals surface area (Å²) in [5.74, 6) is -0.190. The molecule has 1 aliphatic carbocycles. The zero-order chi connectivity index (χ0) is 22.0.